The van der Waals surface area contributed by atoms with Gasteiger partial charge in [0.1, 0.15) is 0 Å². The molecule has 0 fully saturated rings. The molecule has 0 amide bonds. The van der Waals surface area contributed by atoms with E-state index >= 15 is 0 Å². The van der Waals surface area contributed by atoms with E-state index in [9.17, 15) is 0 Å². The number of hydrogen-bond donors (Lipinski definition) is 0. The Bertz CT molecular complexity index is 2200. The molecule has 2 aliphatic carbocycles. The average molecular weight is 510 g/mol. The monoisotopic (exact) mass is 509 g/mol. The first-order valence-electron chi connectivity index (χ1n) is 14.3. The molecule has 0 saturated heterocycles. The minimum absolute atomic E-state index is 0.289. The summed E-state index contributed by atoms with van der Waals surface area (Å²) >= 11 is 0. The number of fused-ring (bicyclic) bond motifs is 11. The van der Waals surface area contributed by atoms with Crippen LogP contribution in [0.25, 0.3) is 65.8 Å². The molecule has 1 aromatic heterocycles. The second-order valence-corrected chi connectivity index (χ2v) is 11.7. The summed E-state index contributed by atoms with van der Waals surface area (Å²) in [6.07, 6.45) is 1.99. The fourth-order valence-electron chi connectivity index (χ4n) is 7.60. The van der Waals surface area contributed by atoms with Crippen molar-refractivity contribution in [1.82, 2.24) is 4.98 Å². The molecule has 2 aliphatic rings. The van der Waals surface area contributed by atoms with Crippen molar-refractivity contribution in [3.8, 4) is 33.5 Å². The largest absolute Gasteiger partial charge is 0.256 e. The number of benzene rings is 6. The van der Waals surface area contributed by atoms with E-state index in [4.69, 9.17) is 4.98 Å². The molecule has 1 heterocycles. The maximum absolute atomic E-state index is 5.03. The van der Waals surface area contributed by atoms with Crippen molar-refractivity contribution >= 4 is 32.3 Å². The Morgan fingerprint density at radius 1 is 0.575 bits per heavy atom. The predicted molar refractivity (Wildman–Crippen MR) is 168 cm³/mol. The smallest absolute Gasteiger partial charge is 0.0780 e. The number of rotatable bonds is 2. The van der Waals surface area contributed by atoms with Gasteiger partial charge in [0.25, 0.3) is 0 Å². The zero-order valence-corrected chi connectivity index (χ0v) is 22.6. The maximum Gasteiger partial charge on any atom is 0.0780 e. The Morgan fingerprint density at radius 2 is 1.30 bits per heavy atom. The summed E-state index contributed by atoms with van der Waals surface area (Å²) < 4.78 is 0. The van der Waals surface area contributed by atoms with Crippen molar-refractivity contribution in [2.24, 2.45) is 0 Å². The first kappa shape index (κ1) is 22.1. The molecule has 0 bridgehead atoms. The molecule has 9 rings (SSSR count). The second-order valence-electron chi connectivity index (χ2n) is 11.7. The average Bonchev–Trinajstić information content (AvgIpc) is 3.52. The predicted octanol–water partition coefficient (Wildman–Crippen LogP) is 10.5. The Balaban J connectivity index is 1.33. The minimum atomic E-state index is 0.289. The third-order valence-electron chi connectivity index (χ3n) is 9.30. The standard InChI is InChI=1S/C39H27N/c1-22(2)34-20-24(21-35-36(34)33-13-7-12-31-26-10-5-6-11-30(26)38(35)37(31)33)39-32-17-16-27-25-9-4-3-8-23(25)14-15-28(27)29(32)18-19-40-39/h3-22,38H,1-2H3. The van der Waals surface area contributed by atoms with Gasteiger partial charge >= 0.3 is 0 Å². The zero-order valence-electron chi connectivity index (χ0n) is 22.6. The van der Waals surface area contributed by atoms with Gasteiger partial charge in [-0.3, -0.25) is 4.98 Å². The highest BCUT2D eigenvalue weighted by molar-refractivity contribution is 6.19. The topological polar surface area (TPSA) is 12.9 Å². The van der Waals surface area contributed by atoms with Crippen LogP contribution in [0.2, 0.25) is 0 Å². The van der Waals surface area contributed by atoms with Crippen LogP contribution in [0, 0.1) is 0 Å². The lowest BCUT2D eigenvalue weighted by Gasteiger charge is -2.19. The molecule has 6 aromatic carbocycles. The quantitative estimate of drug-likeness (QED) is 0.211. The van der Waals surface area contributed by atoms with Gasteiger partial charge in [-0.25, -0.2) is 0 Å². The second kappa shape index (κ2) is 7.90. The van der Waals surface area contributed by atoms with E-state index in [0.717, 1.165) is 5.69 Å². The van der Waals surface area contributed by atoms with Gasteiger partial charge in [-0.05, 0) is 95.6 Å². The van der Waals surface area contributed by atoms with Crippen molar-refractivity contribution in [2.75, 3.05) is 0 Å². The molecule has 0 radical (unpaired) electrons. The molecule has 1 heteroatoms. The highest BCUT2D eigenvalue weighted by Crippen LogP contribution is 2.59. The van der Waals surface area contributed by atoms with E-state index in [2.05, 4.69) is 123 Å². The molecule has 0 spiro atoms. The summed E-state index contributed by atoms with van der Waals surface area (Å²) in [5, 5.41) is 7.63. The van der Waals surface area contributed by atoms with Crippen molar-refractivity contribution in [1.29, 1.82) is 0 Å². The normalized spacial score (nSPS) is 14.7. The van der Waals surface area contributed by atoms with E-state index in [-0.39, 0.29) is 5.92 Å². The van der Waals surface area contributed by atoms with Crippen molar-refractivity contribution in [3.05, 3.63) is 138 Å². The van der Waals surface area contributed by atoms with E-state index in [0.29, 0.717) is 5.92 Å². The lowest BCUT2D eigenvalue weighted by Crippen LogP contribution is -2.00. The summed E-state index contributed by atoms with van der Waals surface area (Å²) in [5.41, 5.74) is 13.7. The Hall–Kier alpha value is -4.75. The van der Waals surface area contributed by atoms with E-state index < -0.39 is 0 Å². The minimum Gasteiger partial charge on any atom is -0.256 e. The third kappa shape index (κ3) is 2.79. The van der Waals surface area contributed by atoms with Crippen LogP contribution in [0.15, 0.2) is 115 Å². The van der Waals surface area contributed by atoms with Crippen LogP contribution in [-0.4, -0.2) is 4.98 Å². The fourth-order valence-corrected chi connectivity index (χ4v) is 7.60. The molecular formula is C39H27N. The molecule has 188 valence electrons. The zero-order chi connectivity index (χ0) is 26.5. The van der Waals surface area contributed by atoms with Crippen LogP contribution in [0.1, 0.15) is 47.9 Å². The molecule has 1 unspecified atom stereocenters. The van der Waals surface area contributed by atoms with Gasteiger partial charge < -0.3 is 0 Å². The number of aromatic nitrogens is 1. The third-order valence-corrected chi connectivity index (χ3v) is 9.30. The van der Waals surface area contributed by atoms with Crippen LogP contribution >= 0.6 is 0 Å². The van der Waals surface area contributed by atoms with Crippen LogP contribution in [-0.2, 0) is 0 Å². The first-order chi connectivity index (χ1) is 19.7. The van der Waals surface area contributed by atoms with Gasteiger partial charge in [0.2, 0.25) is 0 Å². The number of hydrogen-bond acceptors (Lipinski definition) is 1. The number of pyridine rings is 1. The van der Waals surface area contributed by atoms with Crippen LogP contribution in [0.4, 0.5) is 0 Å². The molecule has 0 saturated carbocycles. The summed E-state index contributed by atoms with van der Waals surface area (Å²) in [6.45, 7) is 4.65. The summed E-state index contributed by atoms with van der Waals surface area (Å²) in [5.74, 6) is 0.692. The van der Waals surface area contributed by atoms with Gasteiger partial charge in [0.15, 0.2) is 0 Å². The summed E-state index contributed by atoms with van der Waals surface area (Å²) in [4.78, 5) is 5.03. The van der Waals surface area contributed by atoms with Crippen molar-refractivity contribution in [2.45, 2.75) is 25.7 Å². The maximum atomic E-state index is 5.03. The fraction of sp³-hybridized carbons (Fsp3) is 0.103. The van der Waals surface area contributed by atoms with Gasteiger partial charge in [0.05, 0.1) is 5.69 Å². The Morgan fingerprint density at radius 3 is 2.23 bits per heavy atom. The van der Waals surface area contributed by atoms with E-state index in [1.807, 2.05) is 6.20 Å². The summed E-state index contributed by atoms with van der Waals surface area (Å²) in [6, 6.07) is 40.7. The van der Waals surface area contributed by atoms with Crippen molar-refractivity contribution < 1.29 is 0 Å². The van der Waals surface area contributed by atoms with Crippen LogP contribution < -0.4 is 0 Å². The SMILES string of the molecule is CC(C)c1cc(-c2nccc3c2ccc2c4ccccc4ccc32)cc2c1-c1cccc3c1C2c1ccccc1-3. The van der Waals surface area contributed by atoms with Gasteiger partial charge in [-0.2, -0.15) is 0 Å². The molecular weight excluding hydrogens is 482 g/mol. The Kier molecular flexibility index (Phi) is 4.36. The van der Waals surface area contributed by atoms with Gasteiger partial charge in [-0.15, -0.1) is 0 Å². The highest BCUT2D eigenvalue weighted by Gasteiger charge is 2.40. The van der Waals surface area contributed by atoms with Gasteiger partial charge in [-0.1, -0.05) is 105 Å². The molecule has 1 nitrogen and oxygen atoms in total. The molecule has 7 aromatic rings. The lowest BCUT2D eigenvalue weighted by molar-refractivity contribution is 0.867. The Labute approximate surface area is 233 Å². The first-order valence-corrected chi connectivity index (χ1v) is 14.3. The van der Waals surface area contributed by atoms with Crippen LogP contribution in [0.3, 0.4) is 0 Å². The van der Waals surface area contributed by atoms with E-state index in [1.165, 1.54) is 82.4 Å². The number of nitrogens with zero attached hydrogens (tertiary/aromatic N) is 1. The molecule has 0 N–H and O–H groups in total. The van der Waals surface area contributed by atoms with Gasteiger partial charge in [0, 0.05) is 23.1 Å². The molecule has 0 aliphatic heterocycles. The van der Waals surface area contributed by atoms with Crippen LogP contribution in [0.5, 0.6) is 0 Å². The van der Waals surface area contributed by atoms with Crippen molar-refractivity contribution in [3.63, 3.8) is 0 Å². The van der Waals surface area contributed by atoms with E-state index in [1.54, 1.807) is 0 Å². The molecule has 1 atom stereocenters. The molecule has 40 heavy (non-hydrogen) atoms. The summed E-state index contributed by atoms with van der Waals surface area (Å²) in [7, 11) is 0. The lowest BCUT2D eigenvalue weighted by atomic mass is 9.85. The highest BCUT2D eigenvalue weighted by atomic mass is 14.7.